The average molecular weight is 357 g/mol. The molecule has 1 atom stereocenters. The van der Waals surface area contributed by atoms with E-state index in [1.807, 2.05) is 12.1 Å². The first-order valence-corrected chi connectivity index (χ1v) is 7.43. The Labute approximate surface area is 134 Å². The lowest BCUT2D eigenvalue weighted by Gasteiger charge is -2.20. The highest BCUT2D eigenvalue weighted by atomic mass is 79.9. The minimum atomic E-state index is -1.67. The van der Waals surface area contributed by atoms with E-state index in [0.29, 0.717) is 22.3 Å². The van der Waals surface area contributed by atoms with E-state index in [1.54, 1.807) is 36.4 Å². The largest absolute Gasteiger partial charge is 0.449 e. The molecule has 0 bridgehead atoms. The fourth-order valence-corrected chi connectivity index (χ4v) is 2.96. The van der Waals surface area contributed by atoms with Crippen molar-refractivity contribution in [2.24, 2.45) is 0 Å². The molecular formula is C17H9BrO4. The molecule has 4 rings (SSSR count). The lowest BCUT2D eigenvalue weighted by atomic mass is 9.93. The first kappa shape index (κ1) is 13.3. The predicted octanol–water partition coefficient (Wildman–Crippen LogP) is 3.41. The van der Waals surface area contributed by atoms with Crippen molar-refractivity contribution in [3.8, 4) is 0 Å². The molecule has 2 aromatic carbocycles. The van der Waals surface area contributed by atoms with Gasteiger partial charge >= 0.3 is 11.8 Å². The highest BCUT2D eigenvalue weighted by molar-refractivity contribution is 9.10. The fraction of sp³-hybridized carbons (Fsp3) is 0.0588. The van der Waals surface area contributed by atoms with Gasteiger partial charge in [-0.15, -0.1) is 0 Å². The first-order chi connectivity index (χ1) is 10.6. The van der Waals surface area contributed by atoms with E-state index >= 15 is 0 Å². The van der Waals surface area contributed by atoms with E-state index in [9.17, 15) is 9.59 Å². The van der Waals surface area contributed by atoms with E-state index in [2.05, 4.69) is 15.9 Å². The summed E-state index contributed by atoms with van der Waals surface area (Å²) < 4.78 is 11.7. The zero-order chi connectivity index (χ0) is 15.3. The van der Waals surface area contributed by atoms with Crippen LogP contribution in [0.1, 0.15) is 21.5 Å². The first-order valence-electron chi connectivity index (χ1n) is 6.63. The SMILES string of the molecule is O=C1OC2(OC=C(c3ccc(Br)cc3)C2=O)c2ccccc21. The number of carbonyl (C=O) groups is 2. The van der Waals surface area contributed by atoms with Gasteiger partial charge in [-0.05, 0) is 29.8 Å². The smallest absolute Gasteiger partial charge is 0.347 e. The summed E-state index contributed by atoms with van der Waals surface area (Å²) in [5, 5.41) is 0. The minimum absolute atomic E-state index is 0.362. The van der Waals surface area contributed by atoms with Crippen molar-refractivity contribution in [1.82, 2.24) is 0 Å². The molecular weight excluding hydrogens is 348 g/mol. The molecule has 0 saturated heterocycles. The lowest BCUT2D eigenvalue weighted by Crippen LogP contribution is -2.34. The van der Waals surface area contributed by atoms with Gasteiger partial charge in [-0.2, -0.15) is 0 Å². The molecule has 22 heavy (non-hydrogen) atoms. The van der Waals surface area contributed by atoms with E-state index in [-0.39, 0.29) is 5.78 Å². The maximum Gasteiger partial charge on any atom is 0.347 e. The molecule has 0 radical (unpaired) electrons. The number of hydrogen-bond acceptors (Lipinski definition) is 4. The third kappa shape index (κ3) is 1.69. The molecule has 2 aliphatic heterocycles. The Balaban J connectivity index is 1.78. The molecule has 0 aromatic heterocycles. The van der Waals surface area contributed by atoms with E-state index < -0.39 is 11.8 Å². The molecule has 5 heteroatoms. The highest BCUT2D eigenvalue weighted by Crippen LogP contribution is 2.45. The van der Waals surface area contributed by atoms with Gasteiger partial charge in [0.05, 0.1) is 16.7 Å². The van der Waals surface area contributed by atoms with Gasteiger partial charge in [0, 0.05) is 4.47 Å². The quantitative estimate of drug-likeness (QED) is 0.734. The Morgan fingerprint density at radius 1 is 0.955 bits per heavy atom. The summed E-state index contributed by atoms with van der Waals surface area (Å²) in [6, 6.07) is 14.1. The van der Waals surface area contributed by atoms with E-state index in [0.717, 1.165) is 4.47 Å². The zero-order valence-electron chi connectivity index (χ0n) is 11.2. The number of halogens is 1. The van der Waals surface area contributed by atoms with Crippen molar-refractivity contribution in [1.29, 1.82) is 0 Å². The molecule has 0 fully saturated rings. The van der Waals surface area contributed by atoms with Gasteiger partial charge in [0.1, 0.15) is 6.26 Å². The number of fused-ring (bicyclic) bond motifs is 2. The van der Waals surface area contributed by atoms with Gasteiger partial charge in [0.25, 0.3) is 5.78 Å². The fourth-order valence-electron chi connectivity index (χ4n) is 2.70. The van der Waals surface area contributed by atoms with Crippen molar-refractivity contribution in [3.63, 3.8) is 0 Å². The molecule has 0 saturated carbocycles. The number of ether oxygens (including phenoxy) is 2. The summed E-state index contributed by atoms with van der Waals surface area (Å²) in [7, 11) is 0. The van der Waals surface area contributed by atoms with Crippen LogP contribution in [0.2, 0.25) is 0 Å². The van der Waals surface area contributed by atoms with Crippen LogP contribution in [-0.4, -0.2) is 11.8 Å². The maximum atomic E-state index is 12.8. The summed E-state index contributed by atoms with van der Waals surface area (Å²) >= 11 is 3.35. The number of benzene rings is 2. The summed E-state index contributed by atoms with van der Waals surface area (Å²) in [5.41, 5.74) is 1.91. The van der Waals surface area contributed by atoms with Crippen molar-refractivity contribution in [2.45, 2.75) is 5.79 Å². The standard InChI is InChI=1S/C17H9BrO4/c18-11-7-5-10(6-8-11)13-9-21-17(15(13)19)14-4-2-1-3-12(14)16(20)22-17/h1-9H. The number of rotatable bonds is 1. The Morgan fingerprint density at radius 2 is 1.68 bits per heavy atom. The molecule has 108 valence electrons. The van der Waals surface area contributed by atoms with Crippen LogP contribution >= 0.6 is 15.9 Å². The van der Waals surface area contributed by atoms with Gasteiger partial charge in [0.15, 0.2) is 0 Å². The number of ketones is 1. The molecule has 0 N–H and O–H groups in total. The molecule has 0 amide bonds. The van der Waals surface area contributed by atoms with Crippen LogP contribution in [0.4, 0.5) is 0 Å². The Kier molecular flexibility index (Phi) is 2.74. The lowest BCUT2D eigenvalue weighted by molar-refractivity contribution is -0.173. The van der Waals surface area contributed by atoms with Gasteiger partial charge in [-0.25, -0.2) is 4.79 Å². The third-order valence-electron chi connectivity index (χ3n) is 3.78. The second-order valence-electron chi connectivity index (χ2n) is 5.04. The van der Waals surface area contributed by atoms with Crippen LogP contribution in [0.3, 0.4) is 0 Å². The average Bonchev–Trinajstić information content (AvgIpc) is 3.01. The normalized spacial score (nSPS) is 22.3. The summed E-state index contributed by atoms with van der Waals surface area (Å²) in [4.78, 5) is 24.8. The van der Waals surface area contributed by atoms with Crippen molar-refractivity contribution >= 4 is 33.3 Å². The predicted molar refractivity (Wildman–Crippen MR) is 81.7 cm³/mol. The molecule has 1 spiro atoms. The van der Waals surface area contributed by atoms with Gasteiger partial charge in [-0.3, -0.25) is 4.79 Å². The number of esters is 1. The van der Waals surface area contributed by atoms with Crippen molar-refractivity contribution in [3.05, 3.63) is 76.0 Å². The van der Waals surface area contributed by atoms with E-state index in [1.165, 1.54) is 6.26 Å². The van der Waals surface area contributed by atoms with Gasteiger partial charge < -0.3 is 9.47 Å². The zero-order valence-corrected chi connectivity index (χ0v) is 12.8. The molecule has 0 aliphatic carbocycles. The molecule has 2 aliphatic rings. The summed E-state index contributed by atoms with van der Waals surface area (Å²) in [6.07, 6.45) is 1.36. The summed E-state index contributed by atoms with van der Waals surface area (Å²) in [6.45, 7) is 0. The van der Waals surface area contributed by atoms with Crippen molar-refractivity contribution < 1.29 is 19.1 Å². The van der Waals surface area contributed by atoms with Gasteiger partial charge in [0.2, 0.25) is 0 Å². The van der Waals surface area contributed by atoms with Gasteiger partial charge in [-0.1, -0.05) is 40.2 Å². The van der Waals surface area contributed by atoms with Crippen LogP contribution in [-0.2, 0) is 20.1 Å². The monoisotopic (exact) mass is 356 g/mol. The molecule has 4 nitrogen and oxygen atoms in total. The van der Waals surface area contributed by atoms with Crippen LogP contribution in [0, 0.1) is 0 Å². The second kappa shape index (κ2) is 4.55. The molecule has 1 unspecified atom stereocenters. The topological polar surface area (TPSA) is 52.6 Å². The van der Waals surface area contributed by atoms with Crippen LogP contribution in [0.15, 0.2) is 59.3 Å². The van der Waals surface area contributed by atoms with E-state index in [4.69, 9.17) is 9.47 Å². The van der Waals surface area contributed by atoms with Crippen LogP contribution in [0.25, 0.3) is 5.57 Å². The Bertz CT molecular complexity index is 838. The van der Waals surface area contributed by atoms with Crippen LogP contribution in [0.5, 0.6) is 0 Å². The maximum absolute atomic E-state index is 12.8. The van der Waals surface area contributed by atoms with Crippen LogP contribution < -0.4 is 0 Å². The minimum Gasteiger partial charge on any atom is -0.449 e. The summed E-state index contributed by atoms with van der Waals surface area (Å²) in [5.74, 6) is -2.58. The highest BCUT2D eigenvalue weighted by Gasteiger charge is 2.57. The van der Waals surface area contributed by atoms with Crippen molar-refractivity contribution in [2.75, 3.05) is 0 Å². The molecule has 2 aromatic rings. The third-order valence-corrected chi connectivity index (χ3v) is 4.31. The Morgan fingerprint density at radius 3 is 2.45 bits per heavy atom. The number of carbonyl (C=O) groups excluding carboxylic acids is 2. The second-order valence-corrected chi connectivity index (χ2v) is 5.95. The molecule has 2 heterocycles. The number of Topliss-reactive ketones (excluding diaryl/α,β-unsaturated/α-hetero) is 1. The number of hydrogen-bond donors (Lipinski definition) is 0. The Hall–Kier alpha value is -2.40.